The lowest BCUT2D eigenvalue weighted by molar-refractivity contribution is -0.125. The van der Waals surface area contributed by atoms with E-state index in [9.17, 15) is 14.4 Å². The monoisotopic (exact) mass is 476 g/mol. The quantitative estimate of drug-likeness (QED) is 0.549. The highest BCUT2D eigenvalue weighted by Crippen LogP contribution is 2.35. The number of aromatic nitrogens is 1. The van der Waals surface area contributed by atoms with Crippen molar-refractivity contribution < 1.29 is 14.4 Å². The number of piperidine rings is 1. The van der Waals surface area contributed by atoms with Crippen molar-refractivity contribution in [3.05, 3.63) is 64.2 Å². The van der Waals surface area contributed by atoms with Crippen LogP contribution >= 0.6 is 11.3 Å². The average molecular weight is 477 g/mol. The number of nitrogens with zero attached hydrogens (tertiary/aromatic N) is 2. The Kier molecular flexibility index (Phi) is 5.64. The molecule has 3 heterocycles. The number of aryl methyl sites for hydroxylation is 1. The number of carbonyl (C=O) groups excluding carboxylic acids is 3. The molecule has 7 nitrogen and oxygen atoms in total. The van der Waals surface area contributed by atoms with Crippen LogP contribution in [0.5, 0.6) is 0 Å². The third-order valence-corrected chi connectivity index (χ3v) is 8.22. The number of hydrogen-bond donors (Lipinski definition) is 2. The molecule has 2 aliphatic heterocycles. The summed E-state index contributed by atoms with van der Waals surface area (Å²) in [5.41, 5.74) is 2.43. The summed E-state index contributed by atoms with van der Waals surface area (Å²) in [4.78, 5) is 44.3. The highest BCUT2D eigenvalue weighted by Gasteiger charge is 2.50. The number of carbonyl (C=O) groups is 3. The molecule has 0 aliphatic carbocycles. The van der Waals surface area contributed by atoms with Crippen LogP contribution in [0.4, 0.5) is 4.79 Å². The Labute approximate surface area is 202 Å². The largest absolute Gasteiger partial charge is 0.339 e. The van der Waals surface area contributed by atoms with E-state index in [1.54, 1.807) is 35.6 Å². The van der Waals surface area contributed by atoms with Crippen LogP contribution in [-0.2, 0) is 10.3 Å². The van der Waals surface area contributed by atoms with Crippen molar-refractivity contribution in [2.75, 3.05) is 13.1 Å². The summed E-state index contributed by atoms with van der Waals surface area (Å²) in [5.74, 6) is -0.146. The van der Waals surface area contributed by atoms with Gasteiger partial charge in [-0.25, -0.2) is 9.78 Å². The molecule has 2 aliphatic rings. The second kappa shape index (κ2) is 8.51. The molecule has 2 fully saturated rings. The summed E-state index contributed by atoms with van der Waals surface area (Å²) in [5, 5.41) is 6.28. The molecule has 2 saturated heterocycles. The Hall–Kier alpha value is -3.26. The Bertz CT molecular complexity index is 1270. The second-order valence-corrected chi connectivity index (χ2v) is 10.6. The van der Waals surface area contributed by atoms with Gasteiger partial charge in [-0.2, -0.15) is 0 Å². The number of nitrogens with one attached hydrogen (secondary N) is 2. The summed E-state index contributed by atoms with van der Waals surface area (Å²) >= 11 is 1.76. The molecule has 0 unspecified atom stereocenters. The molecule has 0 spiro atoms. The Morgan fingerprint density at radius 3 is 2.44 bits per heavy atom. The van der Waals surface area contributed by atoms with E-state index in [-0.39, 0.29) is 17.7 Å². The lowest BCUT2D eigenvalue weighted by Crippen LogP contribution is -2.48. The summed E-state index contributed by atoms with van der Waals surface area (Å²) in [6, 6.07) is 12.9. The van der Waals surface area contributed by atoms with Crippen LogP contribution in [0, 0.1) is 12.8 Å². The number of benzene rings is 2. The fraction of sp³-hybridized carbons (Fsp3) is 0.385. The third-order valence-electron chi connectivity index (χ3n) is 7.04. The molecule has 1 aromatic heterocycles. The van der Waals surface area contributed by atoms with Gasteiger partial charge in [0.1, 0.15) is 5.54 Å². The van der Waals surface area contributed by atoms with E-state index in [1.165, 1.54) is 10.3 Å². The van der Waals surface area contributed by atoms with Crippen LogP contribution in [0.3, 0.4) is 0 Å². The molecule has 4 amide bonds. The van der Waals surface area contributed by atoms with Gasteiger partial charge in [0.05, 0.1) is 15.2 Å². The SMILES string of the molecule is Cc1ccc2nc(C3CCN(C(=O)c4ccc([C@@]5(C(C)C)NC(=O)NC5=O)cc4)CC3)sc2c1. The van der Waals surface area contributed by atoms with Gasteiger partial charge in [-0.1, -0.05) is 32.0 Å². The lowest BCUT2D eigenvalue weighted by Gasteiger charge is -2.32. The van der Waals surface area contributed by atoms with Gasteiger partial charge in [-0.3, -0.25) is 14.9 Å². The molecule has 0 bridgehead atoms. The second-order valence-electron chi connectivity index (χ2n) is 9.54. The minimum atomic E-state index is -1.12. The zero-order valence-corrected chi connectivity index (χ0v) is 20.4. The summed E-state index contributed by atoms with van der Waals surface area (Å²) < 4.78 is 1.22. The molecule has 5 rings (SSSR count). The van der Waals surface area contributed by atoms with Crippen LogP contribution in [0.2, 0.25) is 0 Å². The zero-order chi connectivity index (χ0) is 24.0. The summed E-state index contributed by atoms with van der Waals surface area (Å²) in [6.45, 7) is 7.25. The maximum absolute atomic E-state index is 13.1. The highest BCUT2D eigenvalue weighted by molar-refractivity contribution is 7.18. The number of imide groups is 1. The molecule has 2 aromatic carbocycles. The van der Waals surface area contributed by atoms with Gasteiger partial charge in [-0.15, -0.1) is 11.3 Å². The van der Waals surface area contributed by atoms with Crippen molar-refractivity contribution in [2.45, 2.75) is 45.1 Å². The van der Waals surface area contributed by atoms with Crippen LogP contribution in [0.1, 0.15) is 59.1 Å². The average Bonchev–Trinajstić information content (AvgIpc) is 3.39. The van der Waals surface area contributed by atoms with E-state index in [0.717, 1.165) is 23.4 Å². The number of rotatable bonds is 4. The summed E-state index contributed by atoms with van der Waals surface area (Å²) in [7, 11) is 0. The maximum atomic E-state index is 13.1. The molecule has 3 aromatic rings. The number of fused-ring (bicyclic) bond motifs is 1. The summed E-state index contributed by atoms with van der Waals surface area (Å²) in [6.07, 6.45) is 1.79. The molecule has 0 saturated carbocycles. The Morgan fingerprint density at radius 2 is 1.82 bits per heavy atom. The molecule has 1 atom stereocenters. The van der Waals surface area contributed by atoms with E-state index in [2.05, 4.69) is 35.8 Å². The number of thiazole rings is 1. The molecular weight excluding hydrogens is 448 g/mol. The van der Waals surface area contributed by atoms with Crippen molar-refractivity contribution in [3.8, 4) is 0 Å². The standard InChI is InChI=1S/C26H28N4O3S/c1-15(2)26(24(32)28-25(33)29-26)19-7-5-18(6-8-19)23(31)30-12-10-17(11-13-30)22-27-20-9-4-16(3)14-21(20)34-22/h4-9,14-15,17H,10-13H2,1-3H3,(H2,28,29,32,33)/t26-/m1/s1. The van der Waals surface area contributed by atoms with Gasteiger partial charge in [0, 0.05) is 24.6 Å². The normalized spacial score (nSPS) is 21.2. The van der Waals surface area contributed by atoms with Crippen molar-refractivity contribution in [1.82, 2.24) is 20.5 Å². The first-order chi connectivity index (χ1) is 16.3. The van der Waals surface area contributed by atoms with E-state index in [0.29, 0.717) is 30.1 Å². The van der Waals surface area contributed by atoms with Gasteiger partial charge in [-0.05, 0) is 61.1 Å². The topological polar surface area (TPSA) is 91.4 Å². The van der Waals surface area contributed by atoms with Gasteiger partial charge in [0.25, 0.3) is 11.8 Å². The molecule has 34 heavy (non-hydrogen) atoms. The molecular formula is C26H28N4O3S. The van der Waals surface area contributed by atoms with Crippen molar-refractivity contribution in [1.29, 1.82) is 0 Å². The molecule has 0 radical (unpaired) electrons. The highest BCUT2D eigenvalue weighted by atomic mass is 32.1. The fourth-order valence-electron chi connectivity index (χ4n) is 5.02. The number of likely N-dealkylation sites (tertiary alicyclic amines) is 1. The number of urea groups is 1. The van der Waals surface area contributed by atoms with Gasteiger partial charge in [0.15, 0.2) is 0 Å². The first-order valence-electron chi connectivity index (χ1n) is 11.7. The Balaban J connectivity index is 1.27. The third kappa shape index (κ3) is 3.76. The first-order valence-corrected chi connectivity index (χ1v) is 12.5. The first kappa shape index (κ1) is 22.5. The van der Waals surface area contributed by atoms with Crippen LogP contribution in [0.25, 0.3) is 10.2 Å². The zero-order valence-electron chi connectivity index (χ0n) is 19.6. The van der Waals surface area contributed by atoms with Crippen molar-refractivity contribution >= 4 is 39.4 Å². The smallest absolute Gasteiger partial charge is 0.322 e. The maximum Gasteiger partial charge on any atom is 0.322 e. The predicted molar refractivity (Wildman–Crippen MR) is 132 cm³/mol. The van der Waals surface area contributed by atoms with Crippen LogP contribution in [0.15, 0.2) is 42.5 Å². The molecule has 8 heteroatoms. The minimum Gasteiger partial charge on any atom is -0.339 e. The van der Waals surface area contributed by atoms with Gasteiger partial charge in [0.2, 0.25) is 0 Å². The molecule has 2 N–H and O–H groups in total. The van der Waals surface area contributed by atoms with Gasteiger partial charge >= 0.3 is 6.03 Å². The number of amides is 4. The van der Waals surface area contributed by atoms with Crippen LogP contribution < -0.4 is 10.6 Å². The van der Waals surface area contributed by atoms with E-state index < -0.39 is 11.6 Å². The van der Waals surface area contributed by atoms with E-state index >= 15 is 0 Å². The minimum absolute atomic E-state index is 0.0107. The van der Waals surface area contributed by atoms with E-state index in [1.807, 2.05) is 18.7 Å². The van der Waals surface area contributed by atoms with Crippen LogP contribution in [-0.4, -0.2) is 40.8 Å². The van der Waals surface area contributed by atoms with Crippen molar-refractivity contribution in [3.63, 3.8) is 0 Å². The predicted octanol–water partition coefficient (Wildman–Crippen LogP) is 4.32. The Morgan fingerprint density at radius 1 is 1.12 bits per heavy atom. The number of hydrogen-bond acceptors (Lipinski definition) is 5. The molecule has 176 valence electrons. The van der Waals surface area contributed by atoms with Crippen molar-refractivity contribution in [2.24, 2.45) is 5.92 Å². The lowest BCUT2D eigenvalue weighted by atomic mass is 9.79. The van der Waals surface area contributed by atoms with E-state index in [4.69, 9.17) is 4.98 Å². The fourth-order valence-corrected chi connectivity index (χ4v) is 6.26. The van der Waals surface area contributed by atoms with Gasteiger partial charge < -0.3 is 10.2 Å².